The summed E-state index contributed by atoms with van der Waals surface area (Å²) in [5.41, 5.74) is 2.10. The van der Waals surface area contributed by atoms with Crippen LogP contribution in [0.4, 0.5) is 0 Å². The minimum absolute atomic E-state index is 0.159. The highest BCUT2D eigenvalue weighted by Crippen LogP contribution is 2.19. The normalized spacial score (nSPS) is 15.2. The molecule has 0 bridgehead atoms. The number of aryl methyl sites for hydroxylation is 1. The summed E-state index contributed by atoms with van der Waals surface area (Å²) in [5.74, 6) is 1.39. The Kier molecular flexibility index (Phi) is 4.81. The average molecular weight is 355 g/mol. The second-order valence-electron chi connectivity index (χ2n) is 5.71. The quantitative estimate of drug-likeness (QED) is 0.616. The highest BCUT2D eigenvalue weighted by Gasteiger charge is 2.30. The second-order valence-corrected chi connectivity index (χ2v) is 6.72. The van der Waals surface area contributed by atoms with Crippen molar-refractivity contribution in [3.05, 3.63) is 28.6 Å². The Bertz CT molecular complexity index is 962. The first kappa shape index (κ1) is 17.1. The van der Waals surface area contributed by atoms with Crippen LogP contribution in [0.2, 0.25) is 0 Å². The van der Waals surface area contributed by atoms with Gasteiger partial charge in [-0.3, -0.25) is 19.3 Å². The summed E-state index contributed by atoms with van der Waals surface area (Å²) >= 11 is 1.37. The number of fused-ring (bicyclic) bond motifs is 1. The van der Waals surface area contributed by atoms with Gasteiger partial charge in [-0.1, -0.05) is 30.2 Å². The van der Waals surface area contributed by atoms with Crippen molar-refractivity contribution in [2.24, 2.45) is 4.99 Å². The SMILES string of the molecule is C#CCn1c(=NC(=O)CN2C(=O)CCC2=O)sc2cc(CC)ccc21. The Morgan fingerprint density at radius 1 is 1.32 bits per heavy atom. The molecular formula is C18H17N3O3S. The molecule has 0 saturated carbocycles. The van der Waals surface area contributed by atoms with E-state index in [1.54, 1.807) is 4.57 Å². The summed E-state index contributed by atoms with van der Waals surface area (Å²) in [6.45, 7) is 2.05. The van der Waals surface area contributed by atoms with Gasteiger partial charge in [-0.15, -0.1) is 6.42 Å². The molecule has 1 fully saturated rings. The number of benzene rings is 1. The highest BCUT2D eigenvalue weighted by atomic mass is 32.1. The predicted molar refractivity (Wildman–Crippen MR) is 94.6 cm³/mol. The van der Waals surface area contributed by atoms with Crippen LogP contribution in [0.3, 0.4) is 0 Å². The van der Waals surface area contributed by atoms with Crippen molar-refractivity contribution in [1.29, 1.82) is 0 Å². The van der Waals surface area contributed by atoms with E-state index in [4.69, 9.17) is 6.42 Å². The summed E-state index contributed by atoms with van der Waals surface area (Å²) < 4.78 is 2.79. The van der Waals surface area contributed by atoms with Gasteiger partial charge in [-0.2, -0.15) is 4.99 Å². The zero-order valence-electron chi connectivity index (χ0n) is 13.8. The predicted octanol–water partition coefficient (Wildman–Crippen LogP) is 1.47. The van der Waals surface area contributed by atoms with E-state index >= 15 is 0 Å². The number of carbonyl (C=O) groups excluding carboxylic acids is 3. The number of terminal acetylenes is 1. The first-order chi connectivity index (χ1) is 12.0. The minimum atomic E-state index is -0.531. The van der Waals surface area contributed by atoms with E-state index < -0.39 is 5.91 Å². The average Bonchev–Trinajstić information content (AvgIpc) is 3.09. The monoisotopic (exact) mass is 355 g/mol. The third kappa shape index (κ3) is 3.39. The van der Waals surface area contributed by atoms with Crippen LogP contribution in [0.15, 0.2) is 23.2 Å². The molecule has 7 heteroatoms. The molecule has 3 amide bonds. The maximum atomic E-state index is 12.2. The summed E-state index contributed by atoms with van der Waals surface area (Å²) in [5, 5.41) is 0. The Morgan fingerprint density at radius 3 is 2.68 bits per heavy atom. The molecule has 0 atom stereocenters. The first-order valence-corrected chi connectivity index (χ1v) is 8.81. The third-order valence-electron chi connectivity index (χ3n) is 4.07. The smallest absolute Gasteiger partial charge is 0.268 e. The van der Waals surface area contributed by atoms with Gasteiger partial charge in [0.15, 0.2) is 4.80 Å². The molecule has 0 radical (unpaired) electrons. The molecule has 2 aromatic rings. The van der Waals surface area contributed by atoms with E-state index in [0.29, 0.717) is 11.3 Å². The fourth-order valence-corrected chi connectivity index (χ4v) is 3.85. The van der Waals surface area contributed by atoms with Gasteiger partial charge in [0.2, 0.25) is 11.8 Å². The van der Waals surface area contributed by atoms with Crippen LogP contribution in [0, 0.1) is 12.3 Å². The fourth-order valence-electron chi connectivity index (χ4n) is 2.74. The summed E-state index contributed by atoms with van der Waals surface area (Å²) in [6, 6.07) is 6.05. The first-order valence-electron chi connectivity index (χ1n) is 8.00. The van der Waals surface area contributed by atoms with Crippen LogP contribution in [-0.4, -0.2) is 33.7 Å². The largest absolute Gasteiger partial charge is 0.305 e. The van der Waals surface area contributed by atoms with Gasteiger partial charge in [0, 0.05) is 12.8 Å². The van der Waals surface area contributed by atoms with Crippen LogP contribution in [0.1, 0.15) is 25.3 Å². The molecule has 0 spiro atoms. The van der Waals surface area contributed by atoms with E-state index in [0.717, 1.165) is 21.5 Å². The molecule has 2 heterocycles. The Labute approximate surface area is 148 Å². The standard InChI is InChI=1S/C18H17N3O3S/c1-3-9-20-13-6-5-12(4-2)10-14(13)25-18(20)19-15(22)11-21-16(23)7-8-17(21)24/h1,5-6,10H,4,7-9,11H2,2H3. The van der Waals surface area contributed by atoms with Crippen LogP contribution >= 0.6 is 11.3 Å². The van der Waals surface area contributed by atoms with E-state index in [2.05, 4.69) is 23.9 Å². The Morgan fingerprint density at radius 2 is 2.04 bits per heavy atom. The number of thiazole rings is 1. The number of amides is 3. The number of carbonyl (C=O) groups is 3. The molecule has 1 aliphatic heterocycles. The number of likely N-dealkylation sites (tertiary alicyclic amines) is 1. The van der Waals surface area contributed by atoms with Gasteiger partial charge in [0.1, 0.15) is 6.54 Å². The van der Waals surface area contributed by atoms with Crippen molar-refractivity contribution in [3.8, 4) is 12.3 Å². The molecule has 0 unspecified atom stereocenters. The summed E-state index contributed by atoms with van der Waals surface area (Å²) in [6.07, 6.45) is 6.67. The molecule has 0 N–H and O–H groups in total. The molecular weight excluding hydrogens is 338 g/mol. The molecule has 1 aromatic carbocycles. The van der Waals surface area contributed by atoms with Crippen molar-refractivity contribution in [2.75, 3.05) is 6.54 Å². The second kappa shape index (κ2) is 7.03. The van der Waals surface area contributed by atoms with Gasteiger partial charge >= 0.3 is 0 Å². The molecule has 1 aromatic heterocycles. The van der Waals surface area contributed by atoms with Crippen LogP contribution in [0.25, 0.3) is 10.2 Å². The third-order valence-corrected chi connectivity index (χ3v) is 5.11. The van der Waals surface area contributed by atoms with E-state index in [1.807, 2.05) is 12.1 Å². The van der Waals surface area contributed by atoms with E-state index in [1.165, 1.54) is 16.9 Å². The topological polar surface area (TPSA) is 71.7 Å². The van der Waals surface area contributed by atoms with Crippen molar-refractivity contribution in [2.45, 2.75) is 32.7 Å². The highest BCUT2D eigenvalue weighted by molar-refractivity contribution is 7.16. The van der Waals surface area contributed by atoms with Gasteiger partial charge in [-0.05, 0) is 24.1 Å². The van der Waals surface area contributed by atoms with Gasteiger partial charge in [0.25, 0.3) is 5.91 Å². The Hall–Kier alpha value is -2.72. The van der Waals surface area contributed by atoms with Gasteiger partial charge in [-0.25, -0.2) is 0 Å². The van der Waals surface area contributed by atoms with Crippen molar-refractivity contribution < 1.29 is 14.4 Å². The lowest BCUT2D eigenvalue weighted by atomic mass is 10.2. The van der Waals surface area contributed by atoms with Crippen molar-refractivity contribution >= 4 is 39.3 Å². The number of hydrogen-bond acceptors (Lipinski definition) is 4. The molecule has 25 heavy (non-hydrogen) atoms. The zero-order valence-corrected chi connectivity index (χ0v) is 14.6. The maximum absolute atomic E-state index is 12.2. The zero-order chi connectivity index (χ0) is 18.0. The fraction of sp³-hybridized carbons (Fsp3) is 0.333. The lowest BCUT2D eigenvalue weighted by Gasteiger charge is -2.10. The van der Waals surface area contributed by atoms with Crippen molar-refractivity contribution in [1.82, 2.24) is 9.47 Å². The van der Waals surface area contributed by atoms with E-state index in [-0.39, 0.29) is 31.2 Å². The summed E-state index contributed by atoms with van der Waals surface area (Å²) in [4.78, 5) is 41.1. The Balaban J connectivity index is 1.98. The molecule has 0 aliphatic carbocycles. The lowest BCUT2D eigenvalue weighted by molar-refractivity contribution is -0.141. The molecule has 6 nitrogen and oxygen atoms in total. The molecule has 1 saturated heterocycles. The van der Waals surface area contributed by atoms with Crippen molar-refractivity contribution in [3.63, 3.8) is 0 Å². The van der Waals surface area contributed by atoms with E-state index in [9.17, 15) is 14.4 Å². The molecule has 3 rings (SSSR count). The summed E-state index contributed by atoms with van der Waals surface area (Å²) in [7, 11) is 0. The molecule has 128 valence electrons. The minimum Gasteiger partial charge on any atom is -0.305 e. The number of rotatable bonds is 4. The van der Waals surface area contributed by atoms with Crippen LogP contribution < -0.4 is 4.80 Å². The van der Waals surface area contributed by atoms with Gasteiger partial charge in [0.05, 0.1) is 16.8 Å². The lowest BCUT2D eigenvalue weighted by Crippen LogP contribution is -2.34. The molecule has 1 aliphatic rings. The van der Waals surface area contributed by atoms with Crippen LogP contribution in [-0.2, 0) is 27.3 Å². The number of hydrogen-bond donors (Lipinski definition) is 0. The number of nitrogens with zero attached hydrogens (tertiary/aromatic N) is 3. The number of aromatic nitrogens is 1. The van der Waals surface area contributed by atoms with Gasteiger partial charge < -0.3 is 4.57 Å². The van der Waals surface area contributed by atoms with Crippen LogP contribution in [0.5, 0.6) is 0 Å². The number of imide groups is 1. The maximum Gasteiger partial charge on any atom is 0.268 e.